The second kappa shape index (κ2) is 5.02. The molecule has 7 rings (SSSR count). The zero-order valence-corrected chi connectivity index (χ0v) is 15.4. The Morgan fingerprint density at radius 1 is 1.15 bits per heavy atom. The molecule has 142 valence electrons. The normalized spacial score (nSPS) is 42.9. The van der Waals surface area contributed by atoms with Crippen LogP contribution in [0.1, 0.15) is 31.2 Å². The summed E-state index contributed by atoms with van der Waals surface area (Å²) in [6.45, 7) is 6.79. The molecule has 27 heavy (non-hydrogen) atoms. The van der Waals surface area contributed by atoms with E-state index in [-0.39, 0.29) is 22.9 Å². The summed E-state index contributed by atoms with van der Waals surface area (Å²) < 4.78 is 24.0. The molecule has 1 aromatic rings. The molecule has 2 heterocycles. The van der Waals surface area contributed by atoms with E-state index >= 15 is 0 Å². The van der Waals surface area contributed by atoms with Crippen molar-refractivity contribution in [3.63, 3.8) is 0 Å². The predicted octanol–water partition coefficient (Wildman–Crippen LogP) is 2.99. The van der Waals surface area contributed by atoms with E-state index in [2.05, 4.69) is 18.7 Å². The monoisotopic (exact) mass is 368 g/mol. The fourth-order valence-corrected chi connectivity index (χ4v) is 7.07. The number of hydrogen-bond donors (Lipinski definition) is 0. The van der Waals surface area contributed by atoms with Crippen LogP contribution in [0.15, 0.2) is 42.5 Å². The lowest BCUT2D eigenvalue weighted by Crippen LogP contribution is -2.69. The molecule has 2 saturated heterocycles. The van der Waals surface area contributed by atoms with E-state index in [1.807, 2.05) is 18.2 Å². The largest absolute Gasteiger partial charge is 0.461 e. The van der Waals surface area contributed by atoms with Crippen molar-refractivity contribution in [3.8, 4) is 0 Å². The lowest BCUT2D eigenvalue weighted by molar-refractivity contribution is -0.249. The number of carbonyl (C=O) groups is 1. The number of hydrogen-bond acceptors (Lipinski definition) is 5. The summed E-state index contributed by atoms with van der Waals surface area (Å²) in [5, 5.41) is 0. The lowest BCUT2D eigenvalue weighted by atomic mass is 9.35. The third-order valence-electron chi connectivity index (χ3n) is 8.08. The predicted molar refractivity (Wildman–Crippen MR) is 95.5 cm³/mol. The molecule has 5 heteroatoms. The van der Waals surface area contributed by atoms with Gasteiger partial charge >= 0.3 is 5.97 Å². The molecule has 4 bridgehead atoms. The van der Waals surface area contributed by atoms with Gasteiger partial charge in [0.25, 0.3) is 0 Å². The van der Waals surface area contributed by atoms with Gasteiger partial charge < -0.3 is 18.9 Å². The van der Waals surface area contributed by atoms with Crippen molar-refractivity contribution >= 4 is 5.97 Å². The van der Waals surface area contributed by atoms with Crippen LogP contribution < -0.4 is 0 Å². The van der Waals surface area contributed by atoms with Gasteiger partial charge in [0, 0.05) is 18.3 Å². The molecule has 1 aromatic carbocycles. The second-order valence-electron chi connectivity index (χ2n) is 8.80. The zero-order valence-electron chi connectivity index (χ0n) is 15.4. The molecular formula is C22H24O5. The molecule has 0 N–H and O–H groups in total. The number of esters is 1. The molecule has 0 aromatic heterocycles. The summed E-state index contributed by atoms with van der Waals surface area (Å²) in [7, 11) is 0. The molecule has 4 atom stereocenters. The minimum absolute atomic E-state index is 0.0534. The molecule has 6 aliphatic rings. The van der Waals surface area contributed by atoms with Gasteiger partial charge in [0.05, 0.1) is 37.3 Å². The van der Waals surface area contributed by atoms with Crippen LogP contribution in [0, 0.1) is 16.2 Å². The van der Waals surface area contributed by atoms with Crippen molar-refractivity contribution in [1.29, 1.82) is 0 Å². The van der Waals surface area contributed by atoms with Gasteiger partial charge in [0.15, 0.2) is 5.79 Å². The molecule has 6 fully saturated rings. The van der Waals surface area contributed by atoms with Gasteiger partial charge in [-0.3, -0.25) is 4.79 Å². The Kier molecular flexibility index (Phi) is 3.03. The van der Waals surface area contributed by atoms with Gasteiger partial charge in [-0.25, -0.2) is 0 Å². The minimum atomic E-state index is -0.555. The van der Waals surface area contributed by atoms with Gasteiger partial charge in [0.1, 0.15) is 6.10 Å². The summed E-state index contributed by atoms with van der Waals surface area (Å²) in [5.74, 6) is -0.609. The SMILES string of the molecule is C=C1[C@]2(COCc3ccccc3)C[C@@H]3OC(=O)[C@@]24CCC2(C[C@@]134)OCCO2. The average Bonchev–Trinajstić information content (AvgIpc) is 3.35. The Labute approximate surface area is 158 Å². The van der Waals surface area contributed by atoms with E-state index in [4.69, 9.17) is 18.9 Å². The Balaban J connectivity index is 1.30. The van der Waals surface area contributed by atoms with Crippen LogP contribution in [-0.2, 0) is 30.3 Å². The molecule has 4 aliphatic carbocycles. The Bertz CT molecular complexity index is 828. The van der Waals surface area contributed by atoms with Crippen molar-refractivity contribution in [2.75, 3.05) is 19.8 Å². The van der Waals surface area contributed by atoms with Crippen LogP contribution in [0.3, 0.4) is 0 Å². The van der Waals surface area contributed by atoms with Gasteiger partial charge in [-0.05, 0) is 18.4 Å². The molecule has 0 radical (unpaired) electrons. The van der Waals surface area contributed by atoms with E-state index in [0.29, 0.717) is 32.8 Å². The zero-order chi connectivity index (χ0) is 18.3. The van der Waals surface area contributed by atoms with Crippen molar-refractivity contribution in [1.82, 2.24) is 0 Å². The molecule has 5 nitrogen and oxygen atoms in total. The topological polar surface area (TPSA) is 54.0 Å². The van der Waals surface area contributed by atoms with E-state index in [9.17, 15) is 4.79 Å². The second-order valence-corrected chi connectivity index (χ2v) is 8.80. The highest BCUT2D eigenvalue weighted by Gasteiger charge is 2.93. The first-order valence-corrected chi connectivity index (χ1v) is 9.89. The molecule has 2 aliphatic heterocycles. The number of benzene rings is 1. The fraction of sp³-hybridized carbons (Fsp3) is 0.591. The first kappa shape index (κ1) is 16.3. The Morgan fingerprint density at radius 3 is 2.70 bits per heavy atom. The third-order valence-corrected chi connectivity index (χ3v) is 8.08. The maximum Gasteiger partial charge on any atom is 0.314 e. The summed E-state index contributed by atoms with van der Waals surface area (Å²) in [6, 6.07) is 10.1. The van der Waals surface area contributed by atoms with Crippen molar-refractivity contribution < 1.29 is 23.7 Å². The summed E-state index contributed by atoms with van der Waals surface area (Å²) in [5.41, 5.74) is 1.14. The van der Waals surface area contributed by atoms with E-state index in [0.717, 1.165) is 30.4 Å². The van der Waals surface area contributed by atoms with E-state index < -0.39 is 11.2 Å². The van der Waals surface area contributed by atoms with Gasteiger partial charge in [0.2, 0.25) is 0 Å². The van der Waals surface area contributed by atoms with Crippen molar-refractivity contribution in [2.24, 2.45) is 16.2 Å². The Morgan fingerprint density at radius 2 is 1.93 bits per heavy atom. The maximum absolute atomic E-state index is 13.0. The third kappa shape index (κ3) is 1.62. The standard InChI is InChI=1S/C22H24O5/c1-15-19(14-24-12-16-5-3-2-4-6-16)11-17-21(15)13-20(25-9-10-26-20)7-8-22(19,21)18(23)27-17/h2-6,17H,1,7-14H2/t17-,19+,21+,22-/m0/s1. The van der Waals surface area contributed by atoms with E-state index in [1.165, 1.54) is 0 Å². The van der Waals surface area contributed by atoms with Crippen LogP contribution in [0.2, 0.25) is 0 Å². The van der Waals surface area contributed by atoms with Crippen LogP contribution in [0.5, 0.6) is 0 Å². The highest BCUT2D eigenvalue weighted by atomic mass is 16.7. The molecule has 0 unspecified atom stereocenters. The number of rotatable bonds is 4. The minimum Gasteiger partial charge on any atom is -0.461 e. The summed E-state index contributed by atoms with van der Waals surface area (Å²) in [4.78, 5) is 13.0. The molecule has 0 amide bonds. The lowest BCUT2D eigenvalue weighted by Gasteiger charge is -2.66. The molecule has 4 saturated carbocycles. The Hall–Kier alpha value is -1.69. The average molecular weight is 368 g/mol. The van der Waals surface area contributed by atoms with Crippen molar-refractivity contribution in [2.45, 2.75) is 44.2 Å². The van der Waals surface area contributed by atoms with Crippen LogP contribution in [0.25, 0.3) is 0 Å². The molecule has 2 spiro atoms. The van der Waals surface area contributed by atoms with Gasteiger partial charge in [-0.15, -0.1) is 0 Å². The highest BCUT2D eigenvalue weighted by Crippen LogP contribution is 2.89. The summed E-state index contributed by atoms with van der Waals surface area (Å²) >= 11 is 0. The highest BCUT2D eigenvalue weighted by molar-refractivity contribution is 5.90. The van der Waals surface area contributed by atoms with Crippen LogP contribution in [-0.4, -0.2) is 37.7 Å². The van der Waals surface area contributed by atoms with Gasteiger partial charge in [-0.1, -0.05) is 42.5 Å². The van der Waals surface area contributed by atoms with E-state index in [1.54, 1.807) is 0 Å². The smallest absolute Gasteiger partial charge is 0.314 e. The first-order chi connectivity index (χ1) is 13.1. The summed E-state index contributed by atoms with van der Waals surface area (Å²) in [6.07, 6.45) is 2.88. The van der Waals surface area contributed by atoms with Crippen molar-refractivity contribution in [3.05, 3.63) is 48.0 Å². The first-order valence-electron chi connectivity index (χ1n) is 9.89. The maximum atomic E-state index is 13.0. The molecular weight excluding hydrogens is 344 g/mol. The number of ether oxygens (including phenoxy) is 4. The van der Waals surface area contributed by atoms with Crippen LogP contribution in [0.4, 0.5) is 0 Å². The fourth-order valence-electron chi connectivity index (χ4n) is 7.07. The quantitative estimate of drug-likeness (QED) is 0.604. The van der Waals surface area contributed by atoms with Crippen LogP contribution >= 0.6 is 0 Å². The number of carbonyl (C=O) groups excluding carboxylic acids is 1. The van der Waals surface area contributed by atoms with Gasteiger partial charge in [-0.2, -0.15) is 0 Å².